The smallest absolute Gasteiger partial charge is 0.259 e. The van der Waals surface area contributed by atoms with Crippen molar-refractivity contribution in [1.82, 2.24) is 10.6 Å². The molecule has 0 saturated carbocycles. The molecule has 4 amide bonds. The van der Waals surface area contributed by atoms with Crippen LogP contribution in [0.5, 0.6) is 0 Å². The van der Waals surface area contributed by atoms with Crippen molar-refractivity contribution in [2.75, 3.05) is 0 Å². The van der Waals surface area contributed by atoms with Crippen molar-refractivity contribution in [3.8, 4) is 0 Å². The number of rotatable bonds is 1. The summed E-state index contributed by atoms with van der Waals surface area (Å²) in [6, 6.07) is 5.35. The fraction of sp³-hybridized carbons (Fsp3) is 0.333. The minimum Gasteiger partial charge on any atom is -0.296 e. The van der Waals surface area contributed by atoms with E-state index in [0.717, 1.165) is 12.0 Å². The van der Waals surface area contributed by atoms with Gasteiger partial charge in [-0.2, -0.15) is 0 Å². The van der Waals surface area contributed by atoms with Gasteiger partial charge < -0.3 is 0 Å². The molecule has 2 aliphatic rings. The quantitative estimate of drug-likeness (QED) is 0.752. The van der Waals surface area contributed by atoms with Crippen molar-refractivity contribution in [2.24, 2.45) is 0 Å². The number of benzene rings is 1. The maximum atomic E-state index is 11.3. The second-order valence-corrected chi connectivity index (χ2v) is 4.80. The van der Waals surface area contributed by atoms with Gasteiger partial charge in [0.15, 0.2) is 0 Å². The number of amides is 4. The van der Waals surface area contributed by atoms with E-state index in [-0.39, 0.29) is 23.6 Å². The average Bonchev–Trinajstić information content (AvgIpc) is 2.75. The molecule has 3 rings (SSSR count). The third kappa shape index (κ3) is 3.34. The third-order valence-corrected chi connectivity index (χ3v) is 3.32. The van der Waals surface area contributed by atoms with Crippen LogP contribution in [0, 0.1) is 0 Å². The van der Waals surface area contributed by atoms with Crippen LogP contribution < -0.4 is 10.6 Å². The van der Waals surface area contributed by atoms with Crippen LogP contribution in [-0.4, -0.2) is 23.6 Å². The number of carbonyl (C=O) groups excluding carboxylic acids is 4. The molecule has 6 nitrogen and oxygen atoms in total. The van der Waals surface area contributed by atoms with Gasteiger partial charge in [0.25, 0.3) is 11.8 Å². The van der Waals surface area contributed by atoms with E-state index >= 15 is 0 Å². The minimum absolute atomic E-state index is 0.138. The second-order valence-electron chi connectivity index (χ2n) is 4.80. The molecule has 1 aromatic carbocycles. The Hall–Kier alpha value is -2.50. The van der Waals surface area contributed by atoms with Gasteiger partial charge in [0, 0.05) is 12.8 Å². The molecule has 2 N–H and O–H groups in total. The highest BCUT2D eigenvalue weighted by Crippen LogP contribution is 2.19. The van der Waals surface area contributed by atoms with E-state index in [1.54, 1.807) is 12.1 Å². The predicted octanol–water partition coefficient (Wildman–Crippen LogP) is 0.946. The molecule has 1 fully saturated rings. The van der Waals surface area contributed by atoms with Crippen LogP contribution in [0.15, 0.2) is 18.2 Å². The summed E-state index contributed by atoms with van der Waals surface area (Å²) in [6.07, 6.45) is 2.49. The van der Waals surface area contributed by atoms with Gasteiger partial charge in [-0.25, -0.2) is 0 Å². The number of piperidine rings is 1. The molecule has 1 aromatic rings. The molecule has 1 saturated heterocycles. The first-order valence-electron chi connectivity index (χ1n) is 6.83. The minimum atomic E-state index is -0.282. The molecular formula is C15H16N2O4. The maximum Gasteiger partial charge on any atom is 0.259 e. The van der Waals surface area contributed by atoms with E-state index in [4.69, 9.17) is 0 Å². The Labute approximate surface area is 121 Å². The predicted molar refractivity (Wildman–Crippen MR) is 74.6 cm³/mol. The highest BCUT2D eigenvalue weighted by Gasteiger charge is 2.28. The Bertz CT molecular complexity index is 608. The number of fused-ring (bicyclic) bond motifs is 1. The fourth-order valence-corrected chi connectivity index (χ4v) is 2.28. The van der Waals surface area contributed by atoms with Crippen LogP contribution in [-0.2, 0) is 16.0 Å². The zero-order valence-corrected chi connectivity index (χ0v) is 11.7. The highest BCUT2D eigenvalue weighted by atomic mass is 16.2. The van der Waals surface area contributed by atoms with Gasteiger partial charge in [-0.3, -0.25) is 29.8 Å². The molecule has 2 heterocycles. The van der Waals surface area contributed by atoms with Crippen molar-refractivity contribution in [1.29, 1.82) is 0 Å². The zero-order valence-electron chi connectivity index (χ0n) is 11.7. The largest absolute Gasteiger partial charge is 0.296 e. The summed E-state index contributed by atoms with van der Waals surface area (Å²) < 4.78 is 0. The maximum absolute atomic E-state index is 11.3. The first-order valence-corrected chi connectivity index (χ1v) is 6.83. The first-order chi connectivity index (χ1) is 10.0. The lowest BCUT2D eigenvalue weighted by molar-refractivity contribution is -0.132. The molecule has 6 heteroatoms. The molecule has 0 aliphatic carbocycles. The molecule has 0 aromatic heterocycles. The summed E-state index contributed by atoms with van der Waals surface area (Å²) >= 11 is 0. The summed E-state index contributed by atoms with van der Waals surface area (Å²) in [5.41, 5.74) is 1.99. The van der Waals surface area contributed by atoms with E-state index in [2.05, 4.69) is 10.6 Å². The summed E-state index contributed by atoms with van der Waals surface area (Å²) in [5, 5.41) is 4.48. The molecule has 0 bridgehead atoms. The lowest BCUT2D eigenvalue weighted by Crippen LogP contribution is -2.33. The van der Waals surface area contributed by atoms with E-state index in [9.17, 15) is 19.2 Å². The molecule has 0 radical (unpaired) electrons. The van der Waals surface area contributed by atoms with Gasteiger partial charge in [-0.1, -0.05) is 19.1 Å². The van der Waals surface area contributed by atoms with Gasteiger partial charge in [-0.15, -0.1) is 0 Å². The number of nitrogens with one attached hydrogen (secondary N) is 2. The van der Waals surface area contributed by atoms with E-state index in [0.29, 0.717) is 30.4 Å². The fourth-order valence-electron chi connectivity index (χ4n) is 2.28. The molecule has 0 spiro atoms. The molecule has 110 valence electrons. The monoisotopic (exact) mass is 288 g/mol. The molecule has 0 atom stereocenters. The van der Waals surface area contributed by atoms with E-state index in [1.165, 1.54) is 0 Å². The number of imide groups is 2. The van der Waals surface area contributed by atoms with E-state index in [1.807, 2.05) is 13.0 Å². The van der Waals surface area contributed by atoms with Gasteiger partial charge in [0.1, 0.15) is 0 Å². The van der Waals surface area contributed by atoms with Crippen LogP contribution in [0.2, 0.25) is 0 Å². The topological polar surface area (TPSA) is 92.3 Å². The van der Waals surface area contributed by atoms with Gasteiger partial charge in [0.05, 0.1) is 11.1 Å². The van der Waals surface area contributed by atoms with E-state index < -0.39 is 0 Å². The Kier molecular flexibility index (Phi) is 4.47. The molecule has 0 unspecified atom stereocenters. The molecule has 2 aliphatic heterocycles. The van der Waals surface area contributed by atoms with Gasteiger partial charge >= 0.3 is 0 Å². The van der Waals surface area contributed by atoms with Crippen LogP contribution in [0.1, 0.15) is 52.5 Å². The number of carbonyl (C=O) groups is 4. The van der Waals surface area contributed by atoms with Crippen LogP contribution in [0.3, 0.4) is 0 Å². The summed E-state index contributed by atoms with van der Waals surface area (Å²) in [7, 11) is 0. The number of hydrogen-bond acceptors (Lipinski definition) is 4. The highest BCUT2D eigenvalue weighted by molar-refractivity contribution is 6.22. The molecule has 21 heavy (non-hydrogen) atoms. The Morgan fingerprint density at radius 1 is 0.952 bits per heavy atom. The lowest BCUT2D eigenvalue weighted by atomic mass is 10.0. The van der Waals surface area contributed by atoms with Crippen LogP contribution in [0.4, 0.5) is 0 Å². The lowest BCUT2D eigenvalue weighted by Gasteiger charge is -2.07. The first kappa shape index (κ1) is 14.9. The Balaban J connectivity index is 0.000000173. The summed E-state index contributed by atoms with van der Waals surface area (Å²) in [4.78, 5) is 43.2. The van der Waals surface area contributed by atoms with Gasteiger partial charge in [0.2, 0.25) is 11.8 Å². The van der Waals surface area contributed by atoms with Crippen LogP contribution in [0.25, 0.3) is 0 Å². The normalized spacial score (nSPS) is 16.6. The van der Waals surface area contributed by atoms with Gasteiger partial charge in [-0.05, 0) is 24.5 Å². The average molecular weight is 288 g/mol. The van der Waals surface area contributed by atoms with Crippen LogP contribution >= 0.6 is 0 Å². The van der Waals surface area contributed by atoms with Crippen molar-refractivity contribution in [2.45, 2.75) is 32.6 Å². The standard InChI is InChI=1S/C10H9NO2.C5H7NO2/c1-2-6-4-3-5-7-8(6)10(13)11-9(7)12;7-4-2-1-3-5(8)6-4/h3-5H,2H2,1H3,(H,11,12,13);1-3H2,(H,6,7,8). The Morgan fingerprint density at radius 2 is 1.62 bits per heavy atom. The van der Waals surface area contributed by atoms with Crippen molar-refractivity contribution >= 4 is 23.6 Å². The van der Waals surface area contributed by atoms with Crippen molar-refractivity contribution < 1.29 is 19.2 Å². The second kappa shape index (κ2) is 6.30. The summed E-state index contributed by atoms with van der Waals surface area (Å²) in [6.45, 7) is 1.96. The molecular weight excluding hydrogens is 272 g/mol. The zero-order chi connectivity index (χ0) is 15.4. The SMILES string of the molecule is CCc1cccc2c1C(=O)NC2=O.O=C1CCCC(=O)N1. The van der Waals surface area contributed by atoms with Crippen molar-refractivity contribution in [3.05, 3.63) is 34.9 Å². The number of aryl methyl sites for hydroxylation is 1. The Morgan fingerprint density at radius 3 is 2.14 bits per heavy atom. The van der Waals surface area contributed by atoms with Crippen molar-refractivity contribution in [3.63, 3.8) is 0 Å². The summed E-state index contributed by atoms with van der Waals surface area (Å²) in [5.74, 6) is -0.824. The third-order valence-electron chi connectivity index (χ3n) is 3.32. The number of hydrogen-bond donors (Lipinski definition) is 2.